The fraction of sp³-hybridized carbons (Fsp3) is 0.462. The van der Waals surface area contributed by atoms with Crippen LogP contribution in [-0.2, 0) is 11.3 Å². The van der Waals surface area contributed by atoms with E-state index in [0.717, 1.165) is 12.1 Å². The molecule has 4 nitrogen and oxygen atoms in total. The molecule has 7 heteroatoms. The van der Waals surface area contributed by atoms with Crippen molar-refractivity contribution < 1.29 is 18.7 Å². The zero-order valence-electron chi connectivity index (χ0n) is 11.0. The highest BCUT2D eigenvalue weighted by molar-refractivity contribution is 5.85. The van der Waals surface area contributed by atoms with Gasteiger partial charge < -0.3 is 15.3 Å². The standard InChI is InChI=1S/C13H16F2N2O2.ClH/c1-17(13(19)12-5-10(18)6-16-12)7-8-2-3-9(14)4-11(8)15;/h2-4,10,12,16,18H,5-7H2,1H3;1H. The van der Waals surface area contributed by atoms with E-state index in [0.29, 0.717) is 13.0 Å². The number of hydrogen-bond donors (Lipinski definition) is 2. The fourth-order valence-corrected chi connectivity index (χ4v) is 2.15. The molecule has 0 aliphatic carbocycles. The lowest BCUT2D eigenvalue weighted by Gasteiger charge is -2.21. The molecule has 0 bridgehead atoms. The fourth-order valence-electron chi connectivity index (χ4n) is 2.15. The number of nitrogens with zero attached hydrogens (tertiary/aromatic N) is 1. The highest BCUT2D eigenvalue weighted by Gasteiger charge is 2.30. The van der Waals surface area contributed by atoms with Crippen LogP contribution in [0.5, 0.6) is 0 Å². The molecule has 1 fully saturated rings. The molecule has 0 radical (unpaired) electrons. The zero-order valence-corrected chi connectivity index (χ0v) is 11.8. The zero-order chi connectivity index (χ0) is 14.0. The third-order valence-corrected chi connectivity index (χ3v) is 3.20. The lowest BCUT2D eigenvalue weighted by atomic mass is 10.1. The van der Waals surface area contributed by atoms with Crippen LogP contribution < -0.4 is 5.32 Å². The van der Waals surface area contributed by atoms with Crippen molar-refractivity contribution in [2.75, 3.05) is 13.6 Å². The van der Waals surface area contributed by atoms with E-state index in [1.54, 1.807) is 7.05 Å². The Balaban J connectivity index is 0.00000200. The molecule has 1 aromatic rings. The first kappa shape index (κ1) is 16.8. The van der Waals surface area contributed by atoms with Gasteiger partial charge in [0.1, 0.15) is 11.6 Å². The monoisotopic (exact) mass is 306 g/mol. The first-order chi connectivity index (χ1) is 8.97. The summed E-state index contributed by atoms with van der Waals surface area (Å²) in [4.78, 5) is 13.4. The van der Waals surface area contributed by atoms with Crippen molar-refractivity contribution in [3.8, 4) is 0 Å². The molecule has 1 aliphatic heterocycles. The molecular formula is C13H17ClF2N2O2. The van der Waals surface area contributed by atoms with Gasteiger partial charge in [-0.2, -0.15) is 0 Å². The van der Waals surface area contributed by atoms with E-state index < -0.39 is 23.8 Å². The van der Waals surface area contributed by atoms with Crippen LogP contribution in [0.1, 0.15) is 12.0 Å². The van der Waals surface area contributed by atoms with E-state index in [2.05, 4.69) is 5.32 Å². The Labute approximate surface area is 122 Å². The maximum Gasteiger partial charge on any atom is 0.239 e. The third kappa shape index (κ3) is 3.88. The van der Waals surface area contributed by atoms with Crippen LogP contribution in [0.15, 0.2) is 18.2 Å². The molecule has 1 aromatic carbocycles. The van der Waals surface area contributed by atoms with Crippen molar-refractivity contribution >= 4 is 18.3 Å². The van der Waals surface area contributed by atoms with Gasteiger partial charge in [-0.15, -0.1) is 12.4 Å². The van der Waals surface area contributed by atoms with Crippen LogP contribution in [0.2, 0.25) is 0 Å². The third-order valence-electron chi connectivity index (χ3n) is 3.20. The van der Waals surface area contributed by atoms with Gasteiger partial charge in [0.2, 0.25) is 5.91 Å². The van der Waals surface area contributed by atoms with E-state index in [1.807, 2.05) is 0 Å². The summed E-state index contributed by atoms with van der Waals surface area (Å²) in [5.74, 6) is -1.52. The highest BCUT2D eigenvalue weighted by Crippen LogP contribution is 2.14. The number of likely N-dealkylation sites (N-methyl/N-ethyl adjacent to an activating group) is 1. The number of hydrogen-bond acceptors (Lipinski definition) is 3. The first-order valence-electron chi connectivity index (χ1n) is 6.07. The molecule has 0 aromatic heterocycles. The number of carbonyl (C=O) groups is 1. The summed E-state index contributed by atoms with van der Waals surface area (Å²) in [6.45, 7) is 0.453. The lowest BCUT2D eigenvalue weighted by Crippen LogP contribution is -2.41. The molecule has 2 unspecified atom stereocenters. The van der Waals surface area contributed by atoms with Crippen molar-refractivity contribution in [2.24, 2.45) is 0 Å². The summed E-state index contributed by atoms with van der Waals surface area (Å²) in [6, 6.07) is 2.84. The second-order valence-corrected chi connectivity index (χ2v) is 4.78. The highest BCUT2D eigenvalue weighted by atomic mass is 35.5. The van der Waals surface area contributed by atoms with Gasteiger partial charge in [-0.1, -0.05) is 6.07 Å². The van der Waals surface area contributed by atoms with Crippen LogP contribution in [0.25, 0.3) is 0 Å². The molecule has 1 heterocycles. The van der Waals surface area contributed by atoms with Gasteiger partial charge in [-0.25, -0.2) is 8.78 Å². The normalized spacial score (nSPS) is 21.4. The van der Waals surface area contributed by atoms with Crippen LogP contribution in [-0.4, -0.2) is 41.7 Å². The van der Waals surface area contributed by atoms with Gasteiger partial charge in [-0.3, -0.25) is 4.79 Å². The van der Waals surface area contributed by atoms with Gasteiger partial charge in [0.05, 0.1) is 12.1 Å². The second kappa shape index (κ2) is 6.97. The Morgan fingerprint density at radius 3 is 2.75 bits per heavy atom. The quantitative estimate of drug-likeness (QED) is 0.878. The average molecular weight is 307 g/mol. The Hall–Kier alpha value is -1.24. The van der Waals surface area contributed by atoms with Crippen molar-refractivity contribution in [1.82, 2.24) is 10.2 Å². The SMILES string of the molecule is CN(Cc1ccc(F)cc1F)C(=O)C1CC(O)CN1.Cl. The maximum absolute atomic E-state index is 13.5. The summed E-state index contributed by atoms with van der Waals surface area (Å²) in [5.41, 5.74) is 0.260. The smallest absolute Gasteiger partial charge is 0.239 e. The molecule has 2 atom stereocenters. The molecular weight excluding hydrogens is 290 g/mol. The number of aliphatic hydroxyl groups is 1. The topological polar surface area (TPSA) is 52.6 Å². The number of halogens is 3. The molecule has 0 spiro atoms. The number of aliphatic hydroxyl groups excluding tert-OH is 1. The van der Waals surface area contributed by atoms with E-state index >= 15 is 0 Å². The summed E-state index contributed by atoms with van der Waals surface area (Å²) in [7, 11) is 1.55. The maximum atomic E-state index is 13.5. The van der Waals surface area contributed by atoms with E-state index in [1.165, 1.54) is 11.0 Å². The Kier molecular flexibility index (Phi) is 5.86. The number of nitrogens with one attached hydrogen (secondary N) is 1. The van der Waals surface area contributed by atoms with Crippen LogP contribution in [0.4, 0.5) is 8.78 Å². The minimum absolute atomic E-state index is 0. The largest absolute Gasteiger partial charge is 0.392 e. The number of benzene rings is 1. The molecule has 20 heavy (non-hydrogen) atoms. The number of carbonyl (C=O) groups excluding carboxylic acids is 1. The molecule has 2 rings (SSSR count). The summed E-state index contributed by atoms with van der Waals surface area (Å²) >= 11 is 0. The Bertz CT molecular complexity index is 487. The minimum atomic E-state index is -0.668. The van der Waals surface area contributed by atoms with E-state index in [9.17, 15) is 18.7 Å². The molecule has 1 aliphatic rings. The van der Waals surface area contributed by atoms with Gasteiger partial charge in [-0.05, 0) is 12.5 Å². The molecule has 0 saturated carbocycles. The first-order valence-corrected chi connectivity index (χ1v) is 6.07. The lowest BCUT2D eigenvalue weighted by molar-refractivity contribution is -0.132. The van der Waals surface area contributed by atoms with Gasteiger partial charge in [0.15, 0.2) is 0 Å². The molecule has 2 N–H and O–H groups in total. The van der Waals surface area contributed by atoms with Crippen molar-refractivity contribution in [3.63, 3.8) is 0 Å². The number of rotatable bonds is 3. The number of β-amino-alcohol motifs (C(OH)–C–C–N with tert-alkyl or cyclic N) is 1. The van der Waals surface area contributed by atoms with Gasteiger partial charge >= 0.3 is 0 Å². The van der Waals surface area contributed by atoms with Crippen LogP contribution in [0, 0.1) is 11.6 Å². The molecule has 112 valence electrons. The summed E-state index contributed by atoms with van der Waals surface area (Å²) in [5, 5.41) is 12.3. The Morgan fingerprint density at radius 2 is 2.20 bits per heavy atom. The van der Waals surface area contributed by atoms with E-state index in [-0.39, 0.29) is 30.4 Å². The van der Waals surface area contributed by atoms with Gasteiger partial charge in [0.25, 0.3) is 0 Å². The second-order valence-electron chi connectivity index (χ2n) is 4.78. The Morgan fingerprint density at radius 1 is 1.50 bits per heavy atom. The van der Waals surface area contributed by atoms with Crippen molar-refractivity contribution in [3.05, 3.63) is 35.4 Å². The van der Waals surface area contributed by atoms with Gasteiger partial charge in [0, 0.05) is 31.8 Å². The summed E-state index contributed by atoms with van der Waals surface area (Å²) < 4.78 is 26.3. The van der Waals surface area contributed by atoms with Crippen LogP contribution in [0.3, 0.4) is 0 Å². The average Bonchev–Trinajstić information content (AvgIpc) is 2.78. The van der Waals surface area contributed by atoms with E-state index in [4.69, 9.17) is 0 Å². The predicted molar refractivity (Wildman–Crippen MR) is 72.5 cm³/mol. The summed E-state index contributed by atoms with van der Waals surface area (Å²) in [6.07, 6.45) is -0.167. The predicted octanol–water partition coefficient (Wildman–Crippen LogP) is 1.07. The van der Waals surface area contributed by atoms with Crippen molar-refractivity contribution in [1.29, 1.82) is 0 Å². The van der Waals surface area contributed by atoms with Crippen molar-refractivity contribution in [2.45, 2.75) is 25.1 Å². The molecule has 1 saturated heterocycles. The van der Waals surface area contributed by atoms with Crippen LogP contribution >= 0.6 is 12.4 Å². The number of amides is 1. The molecule has 1 amide bonds. The minimum Gasteiger partial charge on any atom is -0.392 e.